The van der Waals surface area contributed by atoms with Gasteiger partial charge in [0.2, 0.25) is 11.8 Å². The zero-order valence-electron chi connectivity index (χ0n) is 18.9. The molecule has 0 spiro atoms. The Kier molecular flexibility index (Phi) is 6.03. The Labute approximate surface area is 197 Å². The van der Waals surface area contributed by atoms with E-state index in [9.17, 15) is 9.59 Å². The van der Waals surface area contributed by atoms with E-state index in [1.807, 2.05) is 13.0 Å². The number of amides is 2. The molecule has 7 nitrogen and oxygen atoms in total. The van der Waals surface area contributed by atoms with Gasteiger partial charge in [0.1, 0.15) is 12.4 Å². The van der Waals surface area contributed by atoms with Gasteiger partial charge in [-0.1, -0.05) is 31.2 Å². The lowest BCUT2D eigenvalue weighted by Gasteiger charge is -2.35. The molecule has 1 atom stereocenters. The second kappa shape index (κ2) is 9.11. The van der Waals surface area contributed by atoms with Crippen molar-refractivity contribution in [2.45, 2.75) is 19.8 Å². The molecule has 5 rings (SSSR count). The Hall–Kier alpha value is -2.97. The monoisotopic (exact) mass is 463 g/mol. The Morgan fingerprint density at radius 3 is 2.73 bits per heavy atom. The number of piperazine rings is 1. The summed E-state index contributed by atoms with van der Waals surface area (Å²) >= 11 is 1.58. The summed E-state index contributed by atoms with van der Waals surface area (Å²) in [4.78, 5) is 30.4. The van der Waals surface area contributed by atoms with Gasteiger partial charge in [-0.15, -0.1) is 0 Å². The van der Waals surface area contributed by atoms with Gasteiger partial charge in [0, 0.05) is 49.7 Å². The van der Waals surface area contributed by atoms with Crippen LogP contribution in [0.15, 0.2) is 42.5 Å². The molecule has 2 aliphatic rings. The Morgan fingerprint density at radius 2 is 1.94 bits per heavy atom. The quantitative estimate of drug-likeness (QED) is 0.608. The Balaban J connectivity index is 1.20. The summed E-state index contributed by atoms with van der Waals surface area (Å²) in [6.45, 7) is 6.87. The summed E-state index contributed by atoms with van der Waals surface area (Å²) in [5.74, 6) is 0.466. The molecule has 1 fully saturated rings. The lowest BCUT2D eigenvalue weighted by atomic mass is 9.91. The van der Waals surface area contributed by atoms with Crippen molar-refractivity contribution in [2.75, 3.05) is 49.1 Å². The standard InChI is InChI=1S/C25H29N5O2S/c1-17-14-19-15-18(6-7-21(19)30(25(17)32)16-23(26)31)8-9-28-10-12-29(13-11-28)24-20-4-2-3-5-22(20)33-27-24/h2-7,15,17H,8-14,16H2,1H3,(H2,26,31). The summed E-state index contributed by atoms with van der Waals surface area (Å²) in [6, 6.07) is 14.7. The van der Waals surface area contributed by atoms with E-state index in [-0.39, 0.29) is 18.4 Å². The van der Waals surface area contributed by atoms with Gasteiger partial charge in [-0.2, -0.15) is 4.37 Å². The highest BCUT2D eigenvalue weighted by Gasteiger charge is 2.31. The molecule has 2 amide bonds. The van der Waals surface area contributed by atoms with Gasteiger partial charge in [-0.25, -0.2) is 0 Å². The summed E-state index contributed by atoms with van der Waals surface area (Å²) in [5, 5.41) is 1.25. The third-order valence-electron chi connectivity index (χ3n) is 6.71. The van der Waals surface area contributed by atoms with Crippen molar-refractivity contribution < 1.29 is 9.59 Å². The van der Waals surface area contributed by atoms with E-state index in [1.54, 1.807) is 11.5 Å². The molecule has 0 radical (unpaired) electrons. The van der Waals surface area contributed by atoms with Crippen LogP contribution in [0, 0.1) is 5.92 Å². The minimum atomic E-state index is -0.489. The van der Waals surface area contributed by atoms with E-state index in [2.05, 4.69) is 46.2 Å². The summed E-state index contributed by atoms with van der Waals surface area (Å²) in [5.41, 5.74) is 8.59. The SMILES string of the molecule is CC1Cc2cc(CCN3CCN(c4nsc5ccccc45)CC3)ccc2N(CC(N)=O)C1=O. The molecule has 2 aliphatic heterocycles. The molecule has 1 unspecified atom stereocenters. The molecule has 1 saturated heterocycles. The predicted octanol–water partition coefficient (Wildman–Crippen LogP) is 2.67. The van der Waals surface area contributed by atoms with Crippen LogP contribution >= 0.6 is 11.5 Å². The van der Waals surface area contributed by atoms with Crippen LogP contribution in [0.5, 0.6) is 0 Å². The average molecular weight is 464 g/mol. The largest absolute Gasteiger partial charge is 0.368 e. The smallest absolute Gasteiger partial charge is 0.237 e. The van der Waals surface area contributed by atoms with Crippen molar-refractivity contribution >= 4 is 44.9 Å². The van der Waals surface area contributed by atoms with Crippen molar-refractivity contribution in [1.29, 1.82) is 0 Å². The number of nitrogens with two attached hydrogens (primary N) is 1. The zero-order valence-corrected chi connectivity index (χ0v) is 19.7. The van der Waals surface area contributed by atoms with Crippen molar-refractivity contribution in [2.24, 2.45) is 11.7 Å². The number of benzene rings is 2. The summed E-state index contributed by atoms with van der Waals surface area (Å²) in [7, 11) is 0. The fourth-order valence-electron chi connectivity index (χ4n) is 4.91. The van der Waals surface area contributed by atoms with Crippen LogP contribution < -0.4 is 15.5 Å². The molecule has 3 heterocycles. The molecule has 1 aromatic heterocycles. The van der Waals surface area contributed by atoms with Gasteiger partial charge in [-0.3, -0.25) is 14.5 Å². The molecule has 172 valence electrons. The van der Waals surface area contributed by atoms with Gasteiger partial charge in [0.15, 0.2) is 0 Å². The van der Waals surface area contributed by atoms with E-state index in [4.69, 9.17) is 10.1 Å². The first-order chi connectivity index (χ1) is 16.0. The lowest BCUT2D eigenvalue weighted by Crippen LogP contribution is -2.47. The molecular formula is C25H29N5O2S. The topological polar surface area (TPSA) is 82.8 Å². The summed E-state index contributed by atoms with van der Waals surface area (Å²) < 4.78 is 5.95. The number of carbonyl (C=O) groups excluding carboxylic acids is 2. The molecule has 8 heteroatoms. The highest BCUT2D eigenvalue weighted by atomic mass is 32.1. The van der Waals surface area contributed by atoms with Gasteiger partial charge < -0.3 is 15.5 Å². The van der Waals surface area contributed by atoms with Crippen molar-refractivity contribution in [3.8, 4) is 0 Å². The molecule has 2 N–H and O–H groups in total. The maximum Gasteiger partial charge on any atom is 0.237 e. The van der Waals surface area contributed by atoms with Crippen LogP contribution in [-0.2, 0) is 22.4 Å². The highest BCUT2D eigenvalue weighted by Crippen LogP contribution is 2.32. The summed E-state index contributed by atoms with van der Waals surface area (Å²) in [6.07, 6.45) is 1.67. The molecule has 2 aromatic carbocycles. The van der Waals surface area contributed by atoms with Crippen molar-refractivity contribution in [3.05, 3.63) is 53.6 Å². The number of hydrogen-bond donors (Lipinski definition) is 1. The number of carbonyl (C=O) groups is 2. The first-order valence-corrected chi connectivity index (χ1v) is 12.3. The maximum atomic E-state index is 12.5. The number of rotatable bonds is 6. The average Bonchev–Trinajstić information content (AvgIpc) is 3.25. The Bertz CT molecular complexity index is 1180. The molecule has 0 aliphatic carbocycles. The van der Waals surface area contributed by atoms with Crippen LogP contribution in [0.4, 0.5) is 11.5 Å². The fourth-order valence-corrected chi connectivity index (χ4v) is 5.71. The third-order valence-corrected chi connectivity index (χ3v) is 7.53. The number of nitrogens with zero attached hydrogens (tertiary/aromatic N) is 4. The fraction of sp³-hybridized carbons (Fsp3) is 0.400. The normalized spacial score (nSPS) is 19.2. The number of primary amides is 1. The van der Waals surface area contributed by atoms with E-state index >= 15 is 0 Å². The number of anilines is 2. The molecule has 3 aromatic rings. The first kappa shape index (κ1) is 21.9. The first-order valence-electron chi connectivity index (χ1n) is 11.5. The van der Waals surface area contributed by atoms with E-state index in [0.717, 1.165) is 56.2 Å². The van der Waals surface area contributed by atoms with Crippen LogP contribution in [0.3, 0.4) is 0 Å². The number of aromatic nitrogens is 1. The maximum absolute atomic E-state index is 12.5. The molecule has 33 heavy (non-hydrogen) atoms. The van der Waals surface area contributed by atoms with Gasteiger partial charge >= 0.3 is 0 Å². The van der Waals surface area contributed by atoms with Crippen LogP contribution in [0.25, 0.3) is 10.1 Å². The second-order valence-corrected chi connectivity index (χ2v) is 9.84. The van der Waals surface area contributed by atoms with E-state index in [0.29, 0.717) is 6.42 Å². The highest BCUT2D eigenvalue weighted by molar-refractivity contribution is 7.13. The number of fused-ring (bicyclic) bond motifs is 2. The van der Waals surface area contributed by atoms with Gasteiger partial charge in [0.25, 0.3) is 0 Å². The van der Waals surface area contributed by atoms with Crippen LogP contribution in [-0.4, -0.2) is 60.4 Å². The lowest BCUT2D eigenvalue weighted by molar-refractivity contribution is -0.124. The Morgan fingerprint density at radius 1 is 1.15 bits per heavy atom. The molecule has 0 saturated carbocycles. The second-order valence-electron chi connectivity index (χ2n) is 9.04. The van der Waals surface area contributed by atoms with Gasteiger partial charge in [-0.05, 0) is 53.7 Å². The molecular weight excluding hydrogens is 434 g/mol. The third kappa shape index (κ3) is 4.45. The molecule has 0 bridgehead atoms. The van der Waals surface area contributed by atoms with Crippen LogP contribution in [0.2, 0.25) is 0 Å². The van der Waals surface area contributed by atoms with Crippen molar-refractivity contribution in [1.82, 2.24) is 9.27 Å². The zero-order chi connectivity index (χ0) is 22.9. The van der Waals surface area contributed by atoms with Crippen molar-refractivity contribution in [3.63, 3.8) is 0 Å². The van der Waals surface area contributed by atoms with E-state index < -0.39 is 5.91 Å². The minimum absolute atomic E-state index is 0.0280. The number of hydrogen-bond acceptors (Lipinski definition) is 6. The predicted molar refractivity (Wildman–Crippen MR) is 133 cm³/mol. The van der Waals surface area contributed by atoms with Crippen LogP contribution in [0.1, 0.15) is 18.1 Å². The van der Waals surface area contributed by atoms with E-state index in [1.165, 1.54) is 20.5 Å². The van der Waals surface area contributed by atoms with Gasteiger partial charge in [0.05, 0.1) is 4.70 Å². The minimum Gasteiger partial charge on any atom is -0.368 e.